The van der Waals surface area contributed by atoms with Crippen LogP contribution in [0.1, 0.15) is 89.4 Å². The molecule has 2 unspecified atom stereocenters. The first kappa shape index (κ1) is 32.5. The molecule has 1 aliphatic heterocycles. The van der Waals surface area contributed by atoms with Gasteiger partial charge in [0.1, 0.15) is 0 Å². The Morgan fingerprint density at radius 1 is 0.905 bits per heavy atom. The van der Waals surface area contributed by atoms with Gasteiger partial charge in [0.05, 0.1) is 16.9 Å². The molecule has 2 aromatic carbocycles. The number of para-hydroxylation sites is 2. The van der Waals surface area contributed by atoms with E-state index in [-0.39, 0.29) is 11.6 Å². The first-order chi connectivity index (χ1) is 20.3. The number of carbonyl (C=O) groups is 3. The average Bonchev–Trinajstić information content (AvgIpc) is 3.35. The van der Waals surface area contributed by atoms with Crippen molar-refractivity contribution in [3.8, 4) is 0 Å². The molecule has 1 heterocycles. The number of hydrogen-bond acceptors (Lipinski definition) is 6. The second-order valence-electron chi connectivity index (χ2n) is 10.9. The summed E-state index contributed by atoms with van der Waals surface area (Å²) in [5.41, 5.74) is 3.29. The molecule has 42 heavy (non-hydrogen) atoms. The number of nitrogens with one attached hydrogen (secondary N) is 1. The van der Waals surface area contributed by atoms with Gasteiger partial charge in [-0.1, -0.05) is 96.6 Å². The summed E-state index contributed by atoms with van der Waals surface area (Å²) < 4.78 is 0. The average molecular weight is 576 g/mol. The number of benzene rings is 2. The third-order valence-electron chi connectivity index (χ3n) is 7.80. The molecule has 0 bridgehead atoms. The van der Waals surface area contributed by atoms with Crippen LogP contribution in [-0.2, 0) is 9.59 Å². The van der Waals surface area contributed by atoms with Gasteiger partial charge in [-0.05, 0) is 48.9 Å². The first-order valence-electron chi connectivity index (χ1n) is 15.3. The van der Waals surface area contributed by atoms with Gasteiger partial charge in [0.15, 0.2) is 5.71 Å². The topological polar surface area (TPSA) is 115 Å². The number of carboxylic acid groups (broad SMARTS) is 1. The highest BCUT2D eigenvalue weighted by molar-refractivity contribution is 6.83. The van der Waals surface area contributed by atoms with Gasteiger partial charge in [-0.3, -0.25) is 15.0 Å². The zero-order valence-electron chi connectivity index (χ0n) is 25.4. The van der Waals surface area contributed by atoms with Crippen LogP contribution < -0.4 is 10.4 Å². The second-order valence-corrected chi connectivity index (χ2v) is 10.9. The van der Waals surface area contributed by atoms with E-state index in [0.717, 1.165) is 56.4 Å². The van der Waals surface area contributed by atoms with Crippen molar-refractivity contribution in [2.24, 2.45) is 22.0 Å². The van der Waals surface area contributed by atoms with E-state index in [9.17, 15) is 19.5 Å². The molecule has 3 rings (SSSR count). The molecule has 0 spiro atoms. The monoisotopic (exact) mass is 575 g/mol. The van der Waals surface area contributed by atoms with Crippen LogP contribution in [0, 0.1) is 11.8 Å². The van der Waals surface area contributed by atoms with Crippen molar-refractivity contribution < 1.29 is 19.5 Å². The van der Waals surface area contributed by atoms with Crippen LogP contribution in [0.2, 0.25) is 0 Å². The van der Waals surface area contributed by atoms with E-state index < -0.39 is 17.6 Å². The van der Waals surface area contributed by atoms with Crippen LogP contribution in [0.3, 0.4) is 0 Å². The minimum atomic E-state index is -1.37. The van der Waals surface area contributed by atoms with Crippen LogP contribution in [-0.4, -0.2) is 52.3 Å². The van der Waals surface area contributed by atoms with E-state index >= 15 is 0 Å². The van der Waals surface area contributed by atoms with Crippen molar-refractivity contribution >= 4 is 40.6 Å². The van der Waals surface area contributed by atoms with Crippen LogP contribution >= 0.6 is 0 Å². The zero-order chi connectivity index (χ0) is 30.5. The Bertz CT molecular complexity index is 1240. The minimum Gasteiger partial charge on any atom is -0.476 e. The van der Waals surface area contributed by atoms with Gasteiger partial charge in [-0.2, -0.15) is 15.2 Å². The Balaban J connectivity index is 1.90. The highest BCUT2D eigenvalue weighted by Crippen LogP contribution is 2.25. The fourth-order valence-electron chi connectivity index (χ4n) is 5.14. The third kappa shape index (κ3) is 8.50. The maximum absolute atomic E-state index is 14.1. The van der Waals surface area contributed by atoms with E-state index in [0.29, 0.717) is 41.9 Å². The highest BCUT2D eigenvalue weighted by atomic mass is 16.4. The summed E-state index contributed by atoms with van der Waals surface area (Å²) in [6, 6.07) is 15.6. The molecule has 2 N–H and O–H groups in total. The standard InChI is InChI=1S/C33H45N5O4/c1-5-9-16-24(7-3)22-37(23-25(8-4)17-10-6-2)31(39)27-20-14-15-21-28(27)34-35-29-30(33(41)42)36-38(32(29)40)26-18-12-11-13-19-26/h11-15,18-21,24-25,34H,5-10,16-17,22-23H2,1-4H3,(H,41,42)/b35-29-. The molecule has 0 radical (unpaired) electrons. The van der Waals surface area contributed by atoms with Gasteiger partial charge >= 0.3 is 11.9 Å². The smallest absolute Gasteiger partial charge is 0.358 e. The number of aliphatic carboxylic acids is 1. The van der Waals surface area contributed by atoms with E-state index in [4.69, 9.17) is 0 Å². The molecule has 0 aromatic heterocycles. The number of rotatable bonds is 17. The number of amides is 2. The van der Waals surface area contributed by atoms with E-state index in [1.54, 1.807) is 54.6 Å². The van der Waals surface area contributed by atoms with Gasteiger partial charge in [0.25, 0.3) is 5.91 Å². The number of anilines is 2. The lowest BCUT2D eigenvalue weighted by atomic mass is 9.95. The van der Waals surface area contributed by atoms with Crippen LogP contribution in [0.5, 0.6) is 0 Å². The van der Waals surface area contributed by atoms with Gasteiger partial charge in [-0.25, -0.2) is 4.79 Å². The molecule has 0 saturated carbocycles. The summed E-state index contributed by atoms with van der Waals surface area (Å²) >= 11 is 0. The SMILES string of the molecule is CCCCC(CC)CN(CC(CC)CCCC)C(=O)c1ccccc1N/N=C1\C(=O)N(c2ccccc2)N=C1C(=O)O. The number of hydrazone groups is 2. The summed E-state index contributed by atoms with van der Waals surface area (Å²) in [6.07, 6.45) is 8.65. The molecule has 2 amide bonds. The molecule has 9 heteroatoms. The maximum Gasteiger partial charge on any atom is 0.358 e. The lowest BCUT2D eigenvalue weighted by Crippen LogP contribution is -2.39. The Morgan fingerprint density at radius 3 is 2.02 bits per heavy atom. The first-order valence-corrected chi connectivity index (χ1v) is 15.3. The van der Waals surface area contributed by atoms with E-state index in [1.807, 2.05) is 4.90 Å². The van der Waals surface area contributed by atoms with E-state index in [1.165, 1.54) is 0 Å². The largest absolute Gasteiger partial charge is 0.476 e. The van der Waals surface area contributed by atoms with Gasteiger partial charge in [0.2, 0.25) is 5.71 Å². The van der Waals surface area contributed by atoms with Crippen molar-refractivity contribution in [2.75, 3.05) is 23.5 Å². The van der Waals surface area contributed by atoms with Crippen molar-refractivity contribution in [2.45, 2.75) is 79.1 Å². The van der Waals surface area contributed by atoms with Crippen molar-refractivity contribution in [3.05, 3.63) is 60.2 Å². The third-order valence-corrected chi connectivity index (χ3v) is 7.80. The minimum absolute atomic E-state index is 0.0982. The van der Waals surface area contributed by atoms with Gasteiger partial charge < -0.3 is 10.0 Å². The Labute approximate surface area is 249 Å². The van der Waals surface area contributed by atoms with Crippen LogP contribution in [0.25, 0.3) is 0 Å². The molecule has 2 aromatic rings. The van der Waals surface area contributed by atoms with Crippen molar-refractivity contribution in [1.29, 1.82) is 0 Å². The normalized spacial score (nSPS) is 15.4. The molecule has 9 nitrogen and oxygen atoms in total. The summed E-state index contributed by atoms with van der Waals surface area (Å²) in [6.45, 7) is 10.1. The lowest BCUT2D eigenvalue weighted by molar-refractivity contribution is -0.129. The molecule has 0 aliphatic carbocycles. The summed E-state index contributed by atoms with van der Waals surface area (Å²) in [5, 5.41) is 18.9. The summed E-state index contributed by atoms with van der Waals surface area (Å²) in [5.74, 6) is -1.31. The number of nitrogens with zero attached hydrogens (tertiary/aromatic N) is 4. The quantitative estimate of drug-likeness (QED) is 0.201. The zero-order valence-corrected chi connectivity index (χ0v) is 25.4. The summed E-state index contributed by atoms with van der Waals surface area (Å²) in [4.78, 5) is 41.2. The summed E-state index contributed by atoms with van der Waals surface area (Å²) in [7, 11) is 0. The Hall–Kier alpha value is -4.01. The van der Waals surface area contributed by atoms with E-state index in [2.05, 4.69) is 43.3 Å². The number of hydrogen-bond donors (Lipinski definition) is 2. The molecule has 0 saturated heterocycles. The molecule has 2 atom stereocenters. The molecule has 226 valence electrons. The predicted molar refractivity (Wildman–Crippen MR) is 169 cm³/mol. The van der Waals surface area contributed by atoms with Gasteiger partial charge in [0, 0.05) is 13.1 Å². The highest BCUT2D eigenvalue weighted by Gasteiger charge is 2.37. The van der Waals surface area contributed by atoms with Crippen molar-refractivity contribution in [1.82, 2.24) is 4.90 Å². The fraction of sp³-hybridized carbons (Fsp3) is 0.485. The molecular formula is C33H45N5O4. The van der Waals surface area contributed by atoms with Crippen LogP contribution in [0.4, 0.5) is 11.4 Å². The second kappa shape index (κ2) is 16.4. The van der Waals surface area contributed by atoms with Crippen molar-refractivity contribution in [3.63, 3.8) is 0 Å². The number of carbonyl (C=O) groups excluding carboxylic acids is 2. The Morgan fingerprint density at radius 2 is 1.48 bits per heavy atom. The number of carboxylic acids is 1. The van der Waals surface area contributed by atoms with Gasteiger partial charge in [-0.15, -0.1) is 0 Å². The predicted octanol–water partition coefficient (Wildman–Crippen LogP) is 6.82. The molecule has 1 aliphatic rings. The maximum atomic E-state index is 14.1. The Kier molecular flexibility index (Phi) is 12.7. The fourth-order valence-corrected chi connectivity index (χ4v) is 5.14. The molecule has 0 fully saturated rings. The van der Waals surface area contributed by atoms with Crippen LogP contribution in [0.15, 0.2) is 64.8 Å². The molecular weight excluding hydrogens is 530 g/mol. The lowest BCUT2D eigenvalue weighted by Gasteiger charge is -2.31. The number of unbranched alkanes of at least 4 members (excludes halogenated alkanes) is 2.